The minimum Gasteiger partial charge on any atom is -0.496 e. The van der Waals surface area contributed by atoms with Gasteiger partial charge in [0.25, 0.3) is 0 Å². The first-order chi connectivity index (χ1) is 12.0. The van der Waals surface area contributed by atoms with Crippen LogP contribution in [0.1, 0.15) is 29.4 Å². The van der Waals surface area contributed by atoms with Crippen LogP contribution in [0.25, 0.3) is 0 Å². The predicted molar refractivity (Wildman–Crippen MR) is 102 cm³/mol. The molecule has 2 aromatic heterocycles. The fourth-order valence-electron chi connectivity index (χ4n) is 2.83. The van der Waals surface area contributed by atoms with E-state index in [1.54, 1.807) is 7.11 Å². The highest BCUT2D eigenvalue weighted by molar-refractivity contribution is 5.79. The van der Waals surface area contributed by atoms with Gasteiger partial charge in [-0.15, -0.1) is 0 Å². The van der Waals surface area contributed by atoms with Gasteiger partial charge in [-0.25, -0.2) is 4.99 Å². The molecule has 0 aliphatic rings. The van der Waals surface area contributed by atoms with Gasteiger partial charge in [-0.05, 0) is 32.9 Å². The van der Waals surface area contributed by atoms with Crippen LogP contribution in [0.5, 0.6) is 5.75 Å². The largest absolute Gasteiger partial charge is 0.496 e. The Hall–Kier alpha value is -2.50. The molecule has 0 saturated heterocycles. The summed E-state index contributed by atoms with van der Waals surface area (Å²) in [4.78, 5) is 11.4. The van der Waals surface area contributed by atoms with Crippen LogP contribution < -0.4 is 10.1 Å². The summed E-state index contributed by atoms with van der Waals surface area (Å²) in [6.07, 6.45) is 3.90. The van der Waals surface area contributed by atoms with Crippen LogP contribution in [-0.2, 0) is 20.1 Å². The number of pyridine rings is 1. The zero-order chi connectivity index (χ0) is 18.4. The van der Waals surface area contributed by atoms with Crippen LogP contribution in [-0.4, -0.2) is 41.1 Å². The third-order valence-electron chi connectivity index (χ3n) is 4.28. The number of guanidine groups is 1. The third-order valence-corrected chi connectivity index (χ3v) is 4.28. The van der Waals surface area contributed by atoms with Crippen molar-refractivity contribution >= 4 is 5.96 Å². The number of hydrogen-bond donors (Lipinski definition) is 1. The molecule has 25 heavy (non-hydrogen) atoms. The summed E-state index contributed by atoms with van der Waals surface area (Å²) in [5.41, 5.74) is 4.26. The van der Waals surface area contributed by atoms with Crippen molar-refractivity contribution in [1.29, 1.82) is 0 Å². The average Bonchev–Trinajstić information content (AvgIpc) is 2.98. The van der Waals surface area contributed by atoms with Crippen molar-refractivity contribution in [2.45, 2.75) is 33.9 Å². The van der Waals surface area contributed by atoms with Gasteiger partial charge in [0, 0.05) is 49.9 Å². The first-order valence-corrected chi connectivity index (χ1v) is 8.56. The Labute approximate surface area is 150 Å². The van der Waals surface area contributed by atoms with Gasteiger partial charge in [-0.2, -0.15) is 0 Å². The summed E-state index contributed by atoms with van der Waals surface area (Å²) in [6.45, 7) is 8.24. The van der Waals surface area contributed by atoms with Gasteiger partial charge >= 0.3 is 0 Å². The van der Waals surface area contributed by atoms with Crippen molar-refractivity contribution in [1.82, 2.24) is 19.8 Å². The third kappa shape index (κ3) is 4.53. The molecular formula is C19H29N5O. The molecule has 2 aromatic rings. The molecule has 0 saturated carbocycles. The summed E-state index contributed by atoms with van der Waals surface area (Å²) in [7, 11) is 5.80. The van der Waals surface area contributed by atoms with E-state index in [1.807, 2.05) is 27.1 Å². The Balaban J connectivity index is 2.18. The van der Waals surface area contributed by atoms with Crippen molar-refractivity contribution in [3.05, 3.63) is 47.0 Å². The smallest absolute Gasteiger partial charge is 0.194 e. The van der Waals surface area contributed by atoms with Gasteiger partial charge in [0.15, 0.2) is 5.96 Å². The van der Waals surface area contributed by atoms with Crippen LogP contribution in [0, 0.1) is 13.8 Å². The number of nitrogens with one attached hydrogen (secondary N) is 1. The highest BCUT2D eigenvalue weighted by atomic mass is 16.5. The molecule has 6 heteroatoms. The highest BCUT2D eigenvalue weighted by Crippen LogP contribution is 2.24. The minimum absolute atomic E-state index is 0.516. The second-order valence-electron chi connectivity index (χ2n) is 6.18. The Morgan fingerprint density at radius 2 is 2.16 bits per heavy atom. The molecule has 6 nitrogen and oxygen atoms in total. The van der Waals surface area contributed by atoms with Gasteiger partial charge < -0.3 is 19.5 Å². The lowest BCUT2D eigenvalue weighted by molar-refractivity contribution is 0.407. The maximum Gasteiger partial charge on any atom is 0.194 e. The van der Waals surface area contributed by atoms with Gasteiger partial charge in [-0.1, -0.05) is 0 Å². The van der Waals surface area contributed by atoms with E-state index in [2.05, 4.69) is 52.1 Å². The standard InChI is InChI=1S/C19H29N5O/c1-7-20-19(24(5)13-16-9-8-10-23(16)4)22-12-17-15(3)18(25-6)14(2)11-21-17/h8-11H,7,12-13H2,1-6H3,(H,20,22). The number of rotatable bonds is 6. The van der Waals surface area contributed by atoms with Crippen LogP contribution in [0.3, 0.4) is 0 Å². The predicted octanol–water partition coefficient (Wildman–Crippen LogP) is 2.64. The Bertz CT molecular complexity index is 735. The van der Waals surface area contributed by atoms with E-state index in [9.17, 15) is 0 Å². The molecule has 0 amide bonds. The van der Waals surface area contributed by atoms with Gasteiger partial charge in [0.05, 0.1) is 25.9 Å². The van der Waals surface area contributed by atoms with Crippen molar-refractivity contribution in [2.24, 2.45) is 12.0 Å². The molecule has 0 bridgehead atoms. The number of aryl methyl sites for hydroxylation is 2. The molecule has 1 N–H and O–H groups in total. The highest BCUT2D eigenvalue weighted by Gasteiger charge is 2.11. The van der Waals surface area contributed by atoms with E-state index < -0.39 is 0 Å². The lowest BCUT2D eigenvalue weighted by Gasteiger charge is -2.22. The molecule has 2 rings (SSSR count). The van der Waals surface area contributed by atoms with Crippen LogP contribution in [0.4, 0.5) is 0 Å². The zero-order valence-electron chi connectivity index (χ0n) is 16.1. The summed E-state index contributed by atoms with van der Waals surface area (Å²) < 4.78 is 7.61. The van der Waals surface area contributed by atoms with Crippen molar-refractivity contribution in [3.8, 4) is 5.75 Å². The van der Waals surface area contributed by atoms with Crippen molar-refractivity contribution in [3.63, 3.8) is 0 Å². The molecule has 0 spiro atoms. The fraction of sp³-hybridized carbons (Fsp3) is 0.474. The van der Waals surface area contributed by atoms with Crippen molar-refractivity contribution in [2.75, 3.05) is 20.7 Å². The molecule has 0 aliphatic heterocycles. The van der Waals surface area contributed by atoms with Crippen molar-refractivity contribution < 1.29 is 4.74 Å². The lowest BCUT2D eigenvalue weighted by Crippen LogP contribution is -2.38. The quantitative estimate of drug-likeness (QED) is 0.647. The van der Waals surface area contributed by atoms with E-state index in [-0.39, 0.29) is 0 Å². The number of aliphatic imine (C=N–C) groups is 1. The molecule has 0 aliphatic carbocycles. The molecule has 0 aromatic carbocycles. The number of hydrogen-bond acceptors (Lipinski definition) is 3. The molecule has 136 valence electrons. The Kier molecular flexibility index (Phi) is 6.44. The Morgan fingerprint density at radius 1 is 1.40 bits per heavy atom. The summed E-state index contributed by atoms with van der Waals surface area (Å²) in [6, 6.07) is 4.18. The molecule has 0 atom stereocenters. The Morgan fingerprint density at radius 3 is 2.76 bits per heavy atom. The van der Waals surface area contributed by atoms with Gasteiger partial charge in [0.1, 0.15) is 5.75 Å². The van der Waals surface area contributed by atoms with Gasteiger partial charge in [0.2, 0.25) is 0 Å². The van der Waals surface area contributed by atoms with Gasteiger partial charge in [-0.3, -0.25) is 4.98 Å². The fourth-order valence-corrected chi connectivity index (χ4v) is 2.83. The zero-order valence-corrected chi connectivity index (χ0v) is 16.1. The molecule has 0 unspecified atom stereocenters. The molecule has 0 fully saturated rings. The van der Waals surface area contributed by atoms with E-state index in [0.717, 1.165) is 41.6 Å². The minimum atomic E-state index is 0.516. The SMILES string of the molecule is CCNC(=NCc1ncc(C)c(OC)c1C)N(C)Cc1cccn1C. The second-order valence-corrected chi connectivity index (χ2v) is 6.18. The number of ether oxygens (including phenoxy) is 1. The van der Waals surface area contributed by atoms with E-state index in [4.69, 9.17) is 9.73 Å². The first-order valence-electron chi connectivity index (χ1n) is 8.56. The molecule has 2 heterocycles. The topological polar surface area (TPSA) is 54.7 Å². The van der Waals surface area contributed by atoms with Crippen LogP contribution >= 0.6 is 0 Å². The average molecular weight is 343 g/mol. The summed E-state index contributed by atoms with van der Waals surface area (Å²) in [5, 5.41) is 3.35. The monoisotopic (exact) mass is 343 g/mol. The number of aromatic nitrogens is 2. The van der Waals surface area contributed by atoms with Crippen LogP contribution in [0.15, 0.2) is 29.5 Å². The summed E-state index contributed by atoms with van der Waals surface area (Å²) in [5.74, 6) is 1.76. The maximum atomic E-state index is 5.48. The lowest BCUT2D eigenvalue weighted by atomic mass is 10.1. The number of nitrogens with zero attached hydrogens (tertiary/aromatic N) is 4. The second kappa shape index (κ2) is 8.55. The van der Waals surface area contributed by atoms with E-state index in [1.165, 1.54) is 5.69 Å². The summed E-state index contributed by atoms with van der Waals surface area (Å²) >= 11 is 0. The van der Waals surface area contributed by atoms with E-state index >= 15 is 0 Å². The first kappa shape index (κ1) is 18.8. The molecular weight excluding hydrogens is 314 g/mol. The number of methoxy groups -OCH3 is 1. The molecule has 0 radical (unpaired) electrons. The maximum absolute atomic E-state index is 5.48. The normalized spacial score (nSPS) is 11.5. The van der Waals surface area contributed by atoms with E-state index in [0.29, 0.717) is 6.54 Å². The van der Waals surface area contributed by atoms with Crippen LogP contribution in [0.2, 0.25) is 0 Å².